The highest BCUT2D eigenvalue weighted by Gasteiger charge is 2.20. The zero-order valence-corrected chi connectivity index (χ0v) is 11.3. The fourth-order valence-electron chi connectivity index (χ4n) is 2.35. The minimum Gasteiger partial charge on any atom is -0.393 e. The minimum atomic E-state index is -0.569. The van der Waals surface area contributed by atoms with E-state index in [2.05, 4.69) is 5.32 Å². The normalized spacial score (nSPS) is 23.1. The van der Waals surface area contributed by atoms with Crippen molar-refractivity contribution in [2.75, 3.05) is 6.54 Å². The summed E-state index contributed by atoms with van der Waals surface area (Å²) in [6, 6.07) is 3.93. The van der Waals surface area contributed by atoms with Gasteiger partial charge < -0.3 is 10.4 Å². The molecule has 0 aliphatic heterocycles. The molecule has 19 heavy (non-hydrogen) atoms. The number of carbonyl (C=O) groups excluding carboxylic acids is 1. The number of carbonyl (C=O) groups is 1. The Bertz CT molecular complexity index is 459. The first-order valence-corrected chi connectivity index (χ1v) is 6.85. The number of halogens is 2. The highest BCUT2D eigenvalue weighted by atomic mass is 35.5. The standard InChI is InChI=1S/C14H17ClFNO2/c15-10-3-6-13(16)12(7-10)14(19)17-8-9-1-4-11(18)5-2-9/h3,6-7,9,11,18H,1-2,4-5,8H2,(H,17,19). The molecule has 0 heterocycles. The third kappa shape index (κ3) is 3.91. The number of hydrogen-bond acceptors (Lipinski definition) is 2. The van der Waals surface area contributed by atoms with Gasteiger partial charge in [0.05, 0.1) is 11.7 Å². The quantitative estimate of drug-likeness (QED) is 0.897. The maximum atomic E-state index is 13.5. The van der Waals surface area contributed by atoms with Crippen molar-refractivity contribution >= 4 is 17.5 Å². The van der Waals surface area contributed by atoms with E-state index in [0.29, 0.717) is 17.5 Å². The maximum Gasteiger partial charge on any atom is 0.254 e. The first kappa shape index (κ1) is 14.3. The molecule has 1 saturated carbocycles. The lowest BCUT2D eigenvalue weighted by molar-refractivity contribution is 0.0907. The number of aliphatic hydroxyl groups is 1. The van der Waals surface area contributed by atoms with Crippen LogP contribution in [0.3, 0.4) is 0 Å². The lowest BCUT2D eigenvalue weighted by atomic mass is 9.87. The van der Waals surface area contributed by atoms with Crippen LogP contribution < -0.4 is 5.32 Å². The number of rotatable bonds is 3. The molecule has 5 heteroatoms. The second kappa shape index (κ2) is 6.35. The molecule has 1 amide bonds. The Kier molecular flexibility index (Phi) is 4.77. The number of nitrogens with one attached hydrogen (secondary N) is 1. The van der Waals surface area contributed by atoms with Crippen LogP contribution in [-0.2, 0) is 0 Å². The summed E-state index contributed by atoms with van der Waals surface area (Å²) in [5.41, 5.74) is -0.0247. The number of aliphatic hydroxyl groups excluding tert-OH is 1. The van der Waals surface area contributed by atoms with Gasteiger partial charge in [0.2, 0.25) is 0 Å². The van der Waals surface area contributed by atoms with Crippen molar-refractivity contribution in [1.29, 1.82) is 0 Å². The van der Waals surface area contributed by atoms with Gasteiger partial charge in [-0.15, -0.1) is 0 Å². The van der Waals surface area contributed by atoms with Crippen LogP contribution in [0.25, 0.3) is 0 Å². The Balaban J connectivity index is 1.89. The van der Waals surface area contributed by atoms with Crippen LogP contribution in [0.5, 0.6) is 0 Å². The van der Waals surface area contributed by atoms with Crippen molar-refractivity contribution in [3.63, 3.8) is 0 Å². The van der Waals surface area contributed by atoms with Gasteiger partial charge in [-0.2, -0.15) is 0 Å². The second-order valence-electron chi connectivity index (χ2n) is 5.01. The maximum absolute atomic E-state index is 13.5. The monoisotopic (exact) mass is 285 g/mol. The molecule has 1 aliphatic rings. The molecule has 0 spiro atoms. The van der Waals surface area contributed by atoms with E-state index in [1.165, 1.54) is 18.2 Å². The lowest BCUT2D eigenvalue weighted by Gasteiger charge is -2.25. The van der Waals surface area contributed by atoms with Crippen LogP contribution in [0.15, 0.2) is 18.2 Å². The van der Waals surface area contributed by atoms with Crippen LogP contribution in [0.4, 0.5) is 4.39 Å². The van der Waals surface area contributed by atoms with Gasteiger partial charge >= 0.3 is 0 Å². The summed E-state index contributed by atoms with van der Waals surface area (Å²) < 4.78 is 13.5. The molecule has 2 rings (SSSR count). The molecule has 1 fully saturated rings. The van der Waals surface area contributed by atoms with Gasteiger partial charge in [-0.1, -0.05) is 11.6 Å². The van der Waals surface area contributed by atoms with Crippen LogP contribution in [-0.4, -0.2) is 23.7 Å². The van der Waals surface area contributed by atoms with E-state index in [1.54, 1.807) is 0 Å². The molecule has 0 bridgehead atoms. The van der Waals surface area contributed by atoms with Crippen molar-refractivity contribution in [3.05, 3.63) is 34.6 Å². The average Bonchev–Trinajstić information content (AvgIpc) is 2.40. The molecule has 104 valence electrons. The van der Waals surface area contributed by atoms with Crippen molar-refractivity contribution in [2.45, 2.75) is 31.8 Å². The molecule has 0 aromatic heterocycles. The first-order valence-electron chi connectivity index (χ1n) is 6.47. The Hall–Kier alpha value is -1.13. The van der Waals surface area contributed by atoms with Gasteiger partial charge in [0.1, 0.15) is 5.82 Å². The molecule has 0 radical (unpaired) electrons. The van der Waals surface area contributed by atoms with E-state index in [9.17, 15) is 14.3 Å². The Morgan fingerprint density at radius 1 is 1.37 bits per heavy atom. The molecule has 0 atom stereocenters. The van der Waals surface area contributed by atoms with Crippen molar-refractivity contribution in [1.82, 2.24) is 5.32 Å². The zero-order chi connectivity index (χ0) is 13.8. The molecule has 3 nitrogen and oxygen atoms in total. The third-order valence-electron chi connectivity index (χ3n) is 3.54. The first-order chi connectivity index (χ1) is 9.06. The fraction of sp³-hybridized carbons (Fsp3) is 0.500. The van der Waals surface area contributed by atoms with E-state index in [4.69, 9.17) is 11.6 Å². The predicted molar refractivity (Wildman–Crippen MR) is 71.7 cm³/mol. The van der Waals surface area contributed by atoms with Crippen LogP contribution in [0.2, 0.25) is 5.02 Å². The largest absolute Gasteiger partial charge is 0.393 e. The van der Waals surface area contributed by atoms with Gasteiger partial charge in [-0.3, -0.25) is 4.79 Å². The van der Waals surface area contributed by atoms with E-state index in [-0.39, 0.29) is 11.7 Å². The molecule has 2 N–H and O–H groups in total. The molecule has 1 aromatic rings. The topological polar surface area (TPSA) is 49.3 Å². The Morgan fingerprint density at radius 2 is 2.05 bits per heavy atom. The Morgan fingerprint density at radius 3 is 2.74 bits per heavy atom. The third-order valence-corrected chi connectivity index (χ3v) is 3.78. The Labute approximate surface area is 116 Å². The van der Waals surface area contributed by atoms with Gasteiger partial charge in [-0.05, 0) is 49.8 Å². The summed E-state index contributed by atoms with van der Waals surface area (Å²) in [7, 11) is 0. The molecule has 0 unspecified atom stereocenters. The van der Waals surface area contributed by atoms with E-state index < -0.39 is 11.7 Å². The average molecular weight is 286 g/mol. The summed E-state index contributed by atoms with van der Waals surface area (Å²) in [6.45, 7) is 0.511. The highest BCUT2D eigenvalue weighted by molar-refractivity contribution is 6.30. The number of amides is 1. The van der Waals surface area contributed by atoms with Gasteiger partial charge in [-0.25, -0.2) is 4.39 Å². The van der Waals surface area contributed by atoms with Crippen molar-refractivity contribution in [3.8, 4) is 0 Å². The number of hydrogen-bond donors (Lipinski definition) is 2. The van der Waals surface area contributed by atoms with E-state index in [0.717, 1.165) is 25.7 Å². The molecular formula is C14H17ClFNO2. The van der Waals surface area contributed by atoms with Crippen molar-refractivity contribution < 1.29 is 14.3 Å². The van der Waals surface area contributed by atoms with E-state index in [1.807, 2.05) is 0 Å². The highest BCUT2D eigenvalue weighted by Crippen LogP contribution is 2.23. The molecule has 1 aliphatic carbocycles. The van der Waals surface area contributed by atoms with Gasteiger partial charge in [0.25, 0.3) is 5.91 Å². The zero-order valence-electron chi connectivity index (χ0n) is 10.5. The molecule has 0 saturated heterocycles. The lowest BCUT2D eigenvalue weighted by Crippen LogP contribution is -2.32. The summed E-state index contributed by atoms with van der Waals surface area (Å²) in [5, 5.41) is 12.5. The summed E-state index contributed by atoms with van der Waals surface area (Å²) in [4.78, 5) is 11.9. The minimum absolute atomic E-state index is 0.0247. The summed E-state index contributed by atoms with van der Waals surface area (Å²) in [6.07, 6.45) is 3.11. The van der Waals surface area contributed by atoms with Gasteiger partial charge in [0.15, 0.2) is 0 Å². The number of benzene rings is 1. The second-order valence-corrected chi connectivity index (χ2v) is 5.45. The van der Waals surface area contributed by atoms with E-state index >= 15 is 0 Å². The predicted octanol–water partition coefficient (Wildman–Crippen LogP) is 2.76. The van der Waals surface area contributed by atoms with Gasteiger partial charge in [0, 0.05) is 11.6 Å². The molecular weight excluding hydrogens is 269 g/mol. The summed E-state index contributed by atoms with van der Waals surface area (Å²) in [5.74, 6) is -0.651. The smallest absolute Gasteiger partial charge is 0.254 e. The molecule has 1 aromatic carbocycles. The van der Waals surface area contributed by atoms with Crippen LogP contribution >= 0.6 is 11.6 Å². The summed E-state index contributed by atoms with van der Waals surface area (Å²) >= 11 is 5.75. The van der Waals surface area contributed by atoms with Crippen LogP contribution in [0.1, 0.15) is 36.0 Å². The SMILES string of the molecule is O=C(NCC1CCC(O)CC1)c1cc(Cl)ccc1F. The van der Waals surface area contributed by atoms with Crippen molar-refractivity contribution in [2.24, 2.45) is 5.92 Å². The van der Waals surface area contributed by atoms with Crippen LogP contribution in [0, 0.1) is 11.7 Å². The fourth-order valence-corrected chi connectivity index (χ4v) is 2.52.